The molecule has 1 rings (SSSR count). The van der Waals surface area contributed by atoms with E-state index in [-0.39, 0.29) is 6.04 Å². The Balaban J connectivity index is 3.13. The van der Waals surface area contributed by atoms with Crippen molar-refractivity contribution in [2.75, 3.05) is 7.11 Å². The van der Waals surface area contributed by atoms with Crippen molar-refractivity contribution in [1.82, 2.24) is 0 Å². The van der Waals surface area contributed by atoms with Crippen molar-refractivity contribution >= 4 is 11.6 Å². The number of ether oxygens (including phenoxy) is 1. The second-order valence-corrected chi connectivity index (χ2v) is 4.21. The van der Waals surface area contributed by atoms with Gasteiger partial charge < -0.3 is 10.5 Å². The number of halogens is 1. The van der Waals surface area contributed by atoms with E-state index in [0.717, 1.165) is 24.2 Å². The normalized spacial score (nSPS) is 12.6. The standard InChI is InChI=1S/C12H18ClNO/c1-4-9-6-10(5-8(2)14)12(15-3)11(13)7-9/h6-8H,4-5,14H2,1-3H3. The van der Waals surface area contributed by atoms with E-state index in [4.69, 9.17) is 22.1 Å². The Morgan fingerprint density at radius 2 is 2.13 bits per heavy atom. The third-order valence-corrected chi connectivity index (χ3v) is 2.62. The van der Waals surface area contributed by atoms with Crippen molar-refractivity contribution in [3.8, 4) is 5.75 Å². The monoisotopic (exact) mass is 227 g/mol. The third-order valence-electron chi connectivity index (χ3n) is 2.33. The van der Waals surface area contributed by atoms with Crippen LogP contribution in [0.3, 0.4) is 0 Å². The van der Waals surface area contributed by atoms with Crippen LogP contribution >= 0.6 is 11.6 Å². The average Bonchev–Trinajstić information content (AvgIpc) is 2.16. The molecule has 0 spiro atoms. The van der Waals surface area contributed by atoms with E-state index in [2.05, 4.69) is 13.0 Å². The van der Waals surface area contributed by atoms with Gasteiger partial charge in [-0.05, 0) is 37.0 Å². The summed E-state index contributed by atoms with van der Waals surface area (Å²) in [5.74, 6) is 0.756. The van der Waals surface area contributed by atoms with Crippen molar-refractivity contribution in [3.05, 3.63) is 28.3 Å². The first-order valence-corrected chi connectivity index (χ1v) is 5.57. The first-order valence-electron chi connectivity index (χ1n) is 5.19. The number of methoxy groups -OCH3 is 1. The minimum atomic E-state index is 0.113. The molecule has 0 aliphatic heterocycles. The summed E-state index contributed by atoms with van der Waals surface area (Å²) in [7, 11) is 1.64. The lowest BCUT2D eigenvalue weighted by Gasteiger charge is -2.14. The Morgan fingerprint density at radius 3 is 2.60 bits per heavy atom. The van der Waals surface area contributed by atoms with Crippen molar-refractivity contribution < 1.29 is 4.74 Å². The maximum absolute atomic E-state index is 6.13. The van der Waals surface area contributed by atoms with Crippen LogP contribution in [0.4, 0.5) is 0 Å². The lowest BCUT2D eigenvalue weighted by atomic mass is 10.0. The summed E-state index contributed by atoms with van der Waals surface area (Å²) in [6, 6.07) is 4.18. The number of rotatable bonds is 4. The van der Waals surface area contributed by atoms with Gasteiger partial charge in [0, 0.05) is 6.04 Å². The van der Waals surface area contributed by atoms with E-state index < -0.39 is 0 Å². The fourth-order valence-corrected chi connectivity index (χ4v) is 1.98. The Hall–Kier alpha value is -0.730. The summed E-state index contributed by atoms with van der Waals surface area (Å²) >= 11 is 6.13. The van der Waals surface area contributed by atoms with Gasteiger partial charge in [-0.2, -0.15) is 0 Å². The van der Waals surface area contributed by atoms with Gasteiger partial charge in [-0.25, -0.2) is 0 Å². The van der Waals surface area contributed by atoms with Crippen molar-refractivity contribution in [2.45, 2.75) is 32.7 Å². The number of hydrogen-bond donors (Lipinski definition) is 1. The summed E-state index contributed by atoms with van der Waals surface area (Å²) in [5, 5.41) is 0.674. The first kappa shape index (κ1) is 12.3. The SMILES string of the molecule is CCc1cc(Cl)c(OC)c(CC(C)N)c1. The lowest BCUT2D eigenvalue weighted by Crippen LogP contribution is -2.18. The fourth-order valence-electron chi connectivity index (χ4n) is 1.64. The fraction of sp³-hybridized carbons (Fsp3) is 0.500. The van der Waals surface area contributed by atoms with Crippen molar-refractivity contribution in [1.29, 1.82) is 0 Å². The summed E-state index contributed by atoms with van der Waals surface area (Å²) in [6.07, 6.45) is 1.76. The number of aryl methyl sites for hydroxylation is 1. The highest BCUT2D eigenvalue weighted by Gasteiger charge is 2.11. The van der Waals surface area contributed by atoms with Crippen molar-refractivity contribution in [3.63, 3.8) is 0 Å². The lowest BCUT2D eigenvalue weighted by molar-refractivity contribution is 0.408. The molecule has 0 bridgehead atoms. The van der Waals surface area contributed by atoms with Crippen LogP contribution in [0.25, 0.3) is 0 Å². The predicted octanol–water partition coefficient (Wildman–Crippen LogP) is 2.80. The number of benzene rings is 1. The van der Waals surface area contributed by atoms with E-state index in [1.807, 2.05) is 13.0 Å². The highest BCUT2D eigenvalue weighted by Crippen LogP contribution is 2.31. The zero-order valence-electron chi connectivity index (χ0n) is 9.51. The molecule has 1 unspecified atom stereocenters. The zero-order valence-corrected chi connectivity index (χ0v) is 10.3. The molecule has 0 aliphatic carbocycles. The molecule has 0 saturated carbocycles. The van der Waals surface area contributed by atoms with Crippen LogP contribution in [0, 0.1) is 0 Å². The van der Waals surface area contributed by atoms with Gasteiger partial charge >= 0.3 is 0 Å². The molecule has 0 radical (unpaired) electrons. The molecule has 1 aromatic rings. The van der Waals surface area contributed by atoms with Crippen LogP contribution in [-0.4, -0.2) is 13.2 Å². The molecule has 1 atom stereocenters. The molecule has 0 fully saturated rings. The van der Waals surface area contributed by atoms with Gasteiger partial charge in [0.05, 0.1) is 12.1 Å². The van der Waals surface area contributed by atoms with E-state index in [1.54, 1.807) is 7.11 Å². The van der Waals surface area contributed by atoms with Crippen LogP contribution in [0.15, 0.2) is 12.1 Å². The molecule has 15 heavy (non-hydrogen) atoms. The molecule has 1 aromatic carbocycles. The summed E-state index contributed by atoms with van der Waals surface area (Å²) < 4.78 is 5.29. The largest absolute Gasteiger partial charge is 0.495 e. The molecule has 3 heteroatoms. The van der Waals surface area contributed by atoms with E-state index >= 15 is 0 Å². The van der Waals surface area contributed by atoms with Crippen LogP contribution < -0.4 is 10.5 Å². The highest BCUT2D eigenvalue weighted by atomic mass is 35.5. The Labute approximate surface area is 96.4 Å². The van der Waals surface area contributed by atoms with Crippen LogP contribution in [-0.2, 0) is 12.8 Å². The maximum Gasteiger partial charge on any atom is 0.140 e. The zero-order chi connectivity index (χ0) is 11.4. The molecular weight excluding hydrogens is 210 g/mol. The second-order valence-electron chi connectivity index (χ2n) is 3.80. The maximum atomic E-state index is 6.13. The van der Waals surface area contributed by atoms with Gasteiger partial charge in [0.2, 0.25) is 0 Å². The highest BCUT2D eigenvalue weighted by molar-refractivity contribution is 6.32. The summed E-state index contributed by atoms with van der Waals surface area (Å²) in [4.78, 5) is 0. The minimum absolute atomic E-state index is 0.113. The third kappa shape index (κ3) is 3.11. The van der Waals surface area contributed by atoms with E-state index in [0.29, 0.717) is 5.02 Å². The molecule has 2 nitrogen and oxygen atoms in total. The summed E-state index contributed by atoms with van der Waals surface area (Å²) in [5.41, 5.74) is 8.10. The summed E-state index contributed by atoms with van der Waals surface area (Å²) in [6.45, 7) is 4.08. The van der Waals surface area contributed by atoms with Gasteiger partial charge in [-0.3, -0.25) is 0 Å². The quantitative estimate of drug-likeness (QED) is 0.859. The minimum Gasteiger partial charge on any atom is -0.495 e. The van der Waals surface area contributed by atoms with Gasteiger partial charge in [0.25, 0.3) is 0 Å². The molecule has 84 valence electrons. The Kier molecular flexibility index (Phi) is 4.43. The Bertz CT molecular complexity index is 337. The molecule has 0 aromatic heterocycles. The molecular formula is C12H18ClNO. The average molecular weight is 228 g/mol. The Morgan fingerprint density at radius 1 is 1.47 bits per heavy atom. The van der Waals surface area contributed by atoms with Crippen LogP contribution in [0.5, 0.6) is 5.75 Å². The van der Waals surface area contributed by atoms with Gasteiger partial charge in [0.15, 0.2) is 0 Å². The predicted molar refractivity (Wildman–Crippen MR) is 64.7 cm³/mol. The van der Waals surface area contributed by atoms with E-state index in [9.17, 15) is 0 Å². The van der Waals surface area contributed by atoms with Gasteiger partial charge in [-0.15, -0.1) is 0 Å². The molecule has 0 heterocycles. The van der Waals surface area contributed by atoms with Crippen molar-refractivity contribution in [2.24, 2.45) is 5.73 Å². The second kappa shape index (κ2) is 5.38. The van der Waals surface area contributed by atoms with Crippen LogP contribution in [0.2, 0.25) is 5.02 Å². The van der Waals surface area contributed by atoms with Crippen LogP contribution in [0.1, 0.15) is 25.0 Å². The molecule has 2 N–H and O–H groups in total. The molecule has 0 amide bonds. The number of nitrogens with two attached hydrogens (primary N) is 1. The molecule has 0 saturated heterocycles. The number of hydrogen-bond acceptors (Lipinski definition) is 2. The van der Waals surface area contributed by atoms with E-state index in [1.165, 1.54) is 5.56 Å². The topological polar surface area (TPSA) is 35.2 Å². The molecule has 0 aliphatic rings. The van der Waals surface area contributed by atoms with Gasteiger partial charge in [0.1, 0.15) is 5.75 Å². The smallest absolute Gasteiger partial charge is 0.140 e. The van der Waals surface area contributed by atoms with Gasteiger partial charge in [-0.1, -0.05) is 24.6 Å². The first-order chi connectivity index (χ1) is 7.08.